The molecule has 0 saturated heterocycles. The number of carbonyl (C=O) groups excluding carboxylic acids is 1. The molecule has 0 aromatic heterocycles. The molecule has 0 fully saturated rings. The molecule has 2 aromatic rings. The fourth-order valence-corrected chi connectivity index (χ4v) is 2.27. The number of Topliss-reactive ketones (excluding diaryl/α,β-unsaturated/α-hetero) is 1. The van der Waals surface area contributed by atoms with E-state index in [-0.39, 0.29) is 11.5 Å². The Balaban J connectivity index is 2.07. The average Bonchev–Trinajstić information content (AvgIpc) is 2.45. The molecule has 0 amide bonds. The van der Waals surface area contributed by atoms with E-state index in [4.69, 9.17) is 0 Å². The molecule has 3 nitrogen and oxygen atoms in total. The second-order valence-corrected chi connectivity index (χ2v) is 4.86. The molecular formula is C17H18O3. The number of hydrogen-bond donors (Lipinski definition) is 2. The molecule has 104 valence electrons. The van der Waals surface area contributed by atoms with Crippen molar-refractivity contribution < 1.29 is 15.0 Å². The van der Waals surface area contributed by atoms with E-state index >= 15 is 0 Å². The minimum absolute atomic E-state index is 0.0347. The zero-order chi connectivity index (χ0) is 14.5. The third-order valence-corrected chi connectivity index (χ3v) is 3.34. The Labute approximate surface area is 118 Å². The predicted molar refractivity (Wildman–Crippen MR) is 77.8 cm³/mol. The summed E-state index contributed by atoms with van der Waals surface area (Å²) in [6, 6.07) is 14.1. The van der Waals surface area contributed by atoms with Gasteiger partial charge in [0.2, 0.25) is 0 Å². The Hall–Kier alpha value is -2.13. The van der Waals surface area contributed by atoms with E-state index < -0.39 is 6.10 Å². The summed E-state index contributed by atoms with van der Waals surface area (Å²) in [6.07, 6.45) is 0.475. The zero-order valence-electron chi connectivity index (χ0n) is 11.4. The third kappa shape index (κ3) is 3.45. The third-order valence-electron chi connectivity index (χ3n) is 3.34. The highest BCUT2D eigenvalue weighted by molar-refractivity contribution is 5.95. The Morgan fingerprint density at radius 2 is 1.90 bits per heavy atom. The molecule has 1 unspecified atom stereocenters. The molecule has 0 spiro atoms. The molecule has 0 saturated carbocycles. The molecule has 0 aliphatic rings. The van der Waals surface area contributed by atoms with Gasteiger partial charge in [-0.2, -0.15) is 0 Å². The number of phenolic OH excluding ortho intramolecular Hbond substituents is 1. The molecular weight excluding hydrogens is 252 g/mol. The van der Waals surface area contributed by atoms with Crippen molar-refractivity contribution in [3.05, 3.63) is 65.2 Å². The SMILES string of the molecule is CC(=O)c1ccccc1CCC(O)c1cccc(O)c1. The molecule has 20 heavy (non-hydrogen) atoms. The number of hydrogen-bond acceptors (Lipinski definition) is 3. The van der Waals surface area contributed by atoms with Gasteiger partial charge >= 0.3 is 0 Å². The fraction of sp³-hybridized carbons (Fsp3) is 0.235. The lowest BCUT2D eigenvalue weighted by molar-refractivity contribution is 0.101. The van der Waals surface area contributed by atoms with Crippen LogP contribution in [0.5, 0.6) is 5.75 Å². The summed E-state index contributed by atoms with van der Waals surface area (Å²) in [5.74, 6) is 0.179. The van der Waals surface area contributed by atoms with Gasteiger partial charge in [0.25, 0.3) is 0 Å². The van der Waals surface area contributed by atoms with Crippen LogP contribution >= 0.6 is 0 Å². The maximum atomic E-state index is 11.5. The van der Waals surface area contributed by atoms with Crippen molar-refractivity contribution in [2.24, 2.45) is 0 Å². The summed E-state index contributed by atoms with van der Waals surface area (Å²) < 4.78 is 0. The van der Waals surface area contributed by atoms with Crippen molar-refractivity contribution in [2.75, 3.05) is 0 Å². The van der Waals surface area contributed by atoms with Gasteiger partial charge in [-0.05, 0) is 43.0 Å². The largest absolute Gasteiger partial charge is 0.508 e. The van der Waals surface area contributed by atoms with E-state index in [0.29, 0.717) is 24.0 Å². The molecule has 2 rings (SSSR count). The van der Waals surface area contributed by atoms with Crippen LogP contribution in [0.1, 0.15) is 40.9 Å². The van der Waals surface area contributed by atoms with Crippen molar-refractivity contribution in [1.29, 1.82) is 0 Å². The van der Waals surface area contributed by atoms with Crippen LogP contribution in [0.4, 0.5) is 0 Å². The highest BCUT2D eigenvalue weighted by Gasteiger charge is 2.11. The second-order valence-electron chi connectivity index (χ2n) is 4.86. The molecule has 2 aromatic carbocycles. The van der Waals surface area contributed by atoms with Crippen molar-refractivity contribution in [2.45, 2.75) is 25.9 Å². The molecule has 2 N–H and O–H groups in total. The van der Waals surface area contributed by atoms with Crippen LogP contribution in [0.3, 0.4) is 0 Å². The second kappa shape index (κ2) is 6.35. The first-order valence-corrected chi connectivity index (χ1v) is 6.64. The first-order chi connectivity index (χ1) is 9.58. The maximum absolute atomic E-state index is 11.5. The van der Waals surface area contributed by atoms with E-state index in [9.17, 15) is 15.0 Å². The van der Waals surface area contributed by atoms with Crippen LogP contribution in [0, 0.1) is 0 Å². The average molecular weight is 270 g/mol. The Morgan fingerprint density at radius 1 is 1.15 bits per heavy atom. The summed E-state index contributed by atoms with van der Waals surface area (Å²) in [5.41, 5.74) is 2.33. The van der Waals surface area contributed by atoms with Crippen LogP contribution in [-0.4, -0.2) is 16.0 Å². The normalized spacial score (nSPS) is 12.1. The molecule has 0 heterocycles. The van der Waals surface area contributed by atoms with Crippen LogP contribution in [0.15, 0.2) is 48.5 Å². The van der Waals surface area contributed by atoms with E-state index in [1.54, 1.807) is 37.3 Å². The maximum Gasteiger partial charge on any atom is 0.160 e. The fourth-order valence-electron chi connectivity index (χ4n) is 2.27. The van der Waals surface area contributed by atoms with Gasteiger partial charge in [0, 0.05) is 5.56 Å². The van der Waals surface area contributed by atoms with Crippen LogP contribution in [0.25, 0.3) is 0 Å². The topological polar surface area (TPSA) is 57.5 Å². The minimum Gasteiger partial charge on any atom is -0.508 e. The molecule has 0 radical (unpaired) electrons. The van der Waals surface area contributed by atoms with Gasteiger partial charge in [0.15, 0.2) is 5.78 Å². The number of phenols is 1. The number of ketones is 1. The Kier molecular flexibility index (Phi) is 4.53. The van der Waals surface area contributed by atoms with Crippen LogP contribution in [0.2, 0.25) is 0 Å². The molecule has 1 atom stereocenters. The number of carbonyl (C=O) groups is 1. The lowest BCUT2D eigenvalue weighted by Crippen LogP contribution is -2.03. The van der Waals surface area contributed by atoms with Crippen LogP contribution < -0.4 is 0 Å². The lowest BCUT2D eigenvalue weighted by Gasteiger charge is -2.12. The van der Waals surface area contributed by atoms with Gasteiger partial charge in [-0.15, -0.1) is 0 Å². The van der Waals surface area contributed by atoms with E-state index in [1.807, 2.05) is 18.2 Å². The summed E-state index contributed by atoms with van der Waals surface area (Å²) in [4.78, 5) is 11.5. The van der Waals surface area contributed by atoms with Gasteiger partial charge in [0.05, 0.1) is 6.10 Å². The summed E-state index contributed by atoms with van der Waals surface area (Å²) in [7, 11) is 0. The highest BCUT2D eigenvalue weighted by Crippen LogP contribution is 2.23. The Morgan fingerprint density at radius 3 is 2.60 bits per heavy atom. The summed E-state index contributed by atoms with van der Waals surface area (Å²) in [5, 5.41) is 19.5. The molecule has 0 aliphatic carbocycles. The monoisotopic (exact) mass is 270 g/mol. The van der Waals surface area contributed by atoms with Crippen LogP contribution in [-0.2, 0) is 6.42 Å². The van der Waals surface area contributed by atoms with E-state index in [0.717, 1.165) is 5.56 Å². The number of rotatable bonds is 5. The molecule has 0 bridgehead atoms. The van der Waals surface area contributed by atoms with Crippen molar-refractivity contribution in [1.82, 2.24) is 0 Å². The standard InChI is InChI=1S/C17H18O3/c1-12(18)16-8-3-2-5-13(16)9-10-17(20)14-6-4-7-15(19)11-14/h2-8,11,17,19-20H,9-10H2,1H3. The summed E-state index contributed by atoms with van der Waals surface area (Å²) >= 11 is 0. The van der Waals surface area contributed by atoms with E-state index in [1.165, 1.54) is 0 Å². The lowest BCUT2D eigenvalue weighted by atomic mass is 9.96. The van der Waals surface area contributed by atoms with Crippen molar-refractivity contribution in [3.63, 3.8) is 0 Å². The van der Waals surface area contributed by atoms with Crippen molar-refractivity contribution in [3.8, 4) is 5.75 Å². The quantitative estimate of drug-likeness (QED) is 0.820. The minimum atomic E-state index is -0.651. The number of aryl methyl sites for hydroxylation is 1. The zero-order valence-corrected chi connectivity index (χ0v) is 11.4. The highest BCUT2D eigenvalue weighted by atomic mass is 16.3. The van der Waals surface area contributed by atoms with Gasteiger partial charge in [-0.25, -0.2) is 0 Å². The summed E-state index contributed by atoms with van der Waals surface area (Å²) in [6.45, 7) is 1.55. The first-order valence-electron chi connectivity index (χ1n) is 6.64. The number of aromatic hydroxyl groups is 1. The smallest absolute Gasteiger partial charge is 0.160 e. The number of aliphatic hydroxyl groups excluding tert-OH is 1. The predicted octanol–water partition coefficient (Wildman–Crippen LogP) is 3.26. The first kappa shape index (κ1) is 14.3. The molecule has 0 aliphatic heterocycles. The number of aliphatic hydroxyl groups is 1. The van der Waals surface area contributed by atoms with Gasteiger partial charge in [-0.1, -0.05) is 36.4 Å². The van der Waals surface area contributed by atoms with E-state index in [2.05, 4.69) is 0 Å². The van der Waals surface area contributed by atoms with Gasteiger partial charge < -0.3 is 10.2 Å². The van der Waals surface area contributed by atoms with Gasteiger partial charge in [-0.3, -0.25) is 4.79 Å². The van der Waals surface area contributed by atoms with Crippen molar-refractivity contribution >= 4 is 5.78 Å². The van der Waals surface area contributed by atoms with Gasteiger partial charge in [0.1, 0.15) is 5.75 Å². The number of benzene rings is 2. The Bertz CT molecular complexity index is 605. The molecule has 3 heteroatoms.